The minimum absolute atomic E-state index is 0.372. The van der Waals surface area contributed by atoms with Crippen molar-refractivity contribution in [3.05, 3.63) is 108 Å². The van der Waals surface area contributed by atoms with Crippen molar-refractivity contribution in [2.75, 3.05) is 13.2 Å². The summed E-state index contributed by atoms with van der Waals surface area (Å²) < 4.78 is 40.2. The molecule has 1 saturated heterocycles. The molecule has 0 aliphatic carbocycles. The molecule has 0 bridgehead atoms. The van der Waals surface area contributed by atoms with Crippen LogP contribution in [0.1, 0.15) is 16.7 Å². The Morgan fingerprint density at radius 1 is 0.828 bits per heavy atom. The summed E-state index contributed by atoms with van der Waals surface area (Å²) >= 11 is 0. The van der Waals surface area contributed by atoms with Gasteiger partial charge in [0.1, 0.15) is 17.8 Å². The van der Waals surface area contributed by atoms with Gasteiger partial charge in [-0.25, -0.2) is 8.78 Å². The summed E-state index contributed by atoms with van der Waals surface area (Å²) in [4.78, 5) is 0. The first-order valence-electron chi connectivity index (χ1n) is 9.53. The van der Waals surface area contributed by atoms with Crippen LogP contribution < -0.4 is 0 Å². The van der Waals surface area contributed by atoms with Crippen LogP contribution in [0.25, 0.3) is 0 Å². The summed E-state index contributed by atoms with van der Waals surface area (Å²) in [6, 6.07) is 28.6. The summed E-state index contributed by atoms with van der Waals surface area (Å²) in [6.45, 7) is -0.779. The van der Waals surface area contributed by atoms with Crippen molar-refractivity contribution >= 4 is 0 Å². The molecular formula is C24H22F2O3. The van der Waals surface area contributed by atoms with Crippen LogP contribution in [0.2, 0.25) is 0 Å². The first-order valence-corrected chi connectivity index (χ1v) is 9.53. The van der Waals surface area contributed by atoms with Gasteiger partial charge in [0.05, 0.1) is 13.2 Å². The van der Waals surface area contributed by atoms with Crippen LogP contribution in [0.4, 0.5) is 8.78 Å². The fourth-order valence-corrected chi connectivity index (χ4v) is 3.77. The maximum absolute atomic E-state index is 14.3. The van der Waals surface area contributed by atoms with E-state index in [1.807, 2.05) is 91.0 Å². The molecule has 2 atom stereocenters. The largest absolute Gasteiger partial charge is 0.384 e. The molecule has 1 N–H and O–H groups in total. The van der Waals surface area contributed by atoms with E-state index in [0.29, 0.717) is 0 Å². The summed E-state index contributed by atoms with van der Waals surface area (Å²) in [5.74, 6) is -3.37. The molecule has 1 heterocycles. The molecule has 1 fully saturated rings. The summed E-state index contributed by atoms with van der Waals surface area (Å²) in [5.41, 5.74) is 1.36. The number of halogens is 2. The van der Waals surface area contributed by atoms with Gasteiger partial charge in [-0.1, -0.05) is 91.0 Å². The maximum atomic E-state index is 14.3. The van der Waals surface area contributed by atoms with Crippen LogP contribution in [-0.4, -0.2) is 36.5 Å². The third-order valence-corrected chi connectivity index (χ3v) is 5.32. The molecule has 0 aromatic heterocycles. The van der Waals surface area contributed by atoms with E-state index in [4.69, 9.17) is 9.47 Å². The van der Waals surface area contributed by atoms with Gasteiger partial charge in [-0.15, -0.1) is 0 Å². The van der Waals surface area contributed by atoms with E-state index >= 15 is 0 Å². The second-order valence-corrected chi connectivity index (χ2v) is 7.10. The second-order valence-electron chi connectivity index (χ2n) is 7.10. The Morgan fingerprint density at radius 3 is 1.59 bits per heavy atom. The Labute approximate surface area is 168 Å². The molecule has 3 nitrogen and oxygen atoms in total. The van der Waals surface area contributed by atoms with Crippen LogP contribution in [0, 0.1) is 0 Å². The Bertz CT molecular complexity index is 820. The summed E-state index contributed by atoms with van der Waals surface area (Å²) in [5, 5.41) is 9.58. The van der Waals surface area contributed by atoms with Gasteiger partial charge in [0.15, 0.2) is 0 Å². The fraction of sp³-hybridized carbons (Fsp3) is 0.250. The van der Waals surface area contributed by atoms with E-state index in [1.165, 1.54) is 0 Å². The number of alkyl halides is 2. The van der Waals surface area contributed by atoms with Crippen molar-refractivity contribution in [2.45, 2.75) is 23.7 Å². The number of aliphatic hydroxyl groups excluding tert-OH is 1. The van der Waals surface area contributed by atoms with E-state index in [-0.39, 0.29) is 6.61 Å². The van der Waals surface area contributed by atoms with Crippen LogP contribution >= 0.6 is 0 Å². The van der Waals surface area contributed by atoms with E-state index in [2.05, 4.69) is 0 Å². The fourth-order valence-electron chi connectivity index (χ4n) is 3.77. The molecule has 29 heavy (non-hydrogen) atoms. The lowest BCUT2D eigenvalue weighted by Crippen LogP contribution is -2.43. The highest BCUT2D eigenvalue weighted by molar-refractivity contribution is 5.47. The van der Waals surface area contributed by atoms with Gasteiger partial charge < -0.3 is 14.6 Å². The highest BCUT2D eigenvalue weighted by atomic mass is 19.3. The molecule has 3 aromatic carbocycles. The van der Waals surface area contributed by atoms with E-state index < -0.39 is 30.3 Å². The van der Waals surface area contributed by atoms with Crippen molar-refractivity contribution in [1.82, 2.24) is 0 Å². The zero-order valence-electron chi connectivity index (χ0n) is 15.7. The Hall–Kier alpha value is -2.60. The molecule has 1 aliphatic rings. The number of hydrogen-bond acceptors (Lipinski definition) is 3. The van der Waals surface area contributed by atoms with Crippen LogP contribution in [0.3, 0.4) is 0 Å². The zero-order chi connectivity index (χ0) is 20.3. The average Bonchev–Trinajstić information content (AvgIpc) is 3.03. The lowest BCUT2D eigenvalue weighted by Gasteiger charge is -2.37. The number of ether oxygens (including phenoxy) is 2. The molecule has 0 unspecified atom stereocenters. The van der Waals surface area contributed by atoms with Gasteiger partial charge in [0, 0.05) is 0 Å². The monoisotopic (exact) mass is 396 g/mol. The van der Waals surface area contributed by atoms with Crippen molar-refractivity contribution in [1.29, 1.82) is 0 Å². The highest BCUT2D eigenvalue weighted by Crippen LogP contribution is 2.42. The predicted octanol–water partition coefficient (Wildman–Crippen LogP) is 4.39. The number of hydrogen-bond donors (Lipinski definition) is 1. The second kappa shape index (κ2) is 8.03. The van der Waals surface area contributed by atoms with Gasteiger partial charge in [-0.2, -0.15) is 0 Å². The molecule has 0 saturated carbocycles. The van der Waals surface area contributed by atoms with E-state index in [1.54, 1.807) is 0 Å². The molecule has 1 aliphatic heterocycles. The first kappa shape index (κ1) is 19.7. The van der Waals surface area contributed by atoms with E-state index in [9.17, 15) is 13.9 Å². The maximum Gasteiger partial charge on any atom is 0.303 e. The highest BCUT2D eigenvalue weighted by Gasteiger charge is 2.54. The Balaban J connectivity index is 1.82. The normalized spacial score (nSPS) is 21.2. The smallest absolute Gasteiger partial charge is 0.303 e. The standard InChI is InChI=1S/C24H22F2O3/c25-24(26)21(27)16-28-22(24)17-29-23(18-10-4-1-5-11-18,19-12-6-2-7-13-19)20-14-8-3-9-15-20/h1-15,21-22,27H,16-17H2/t21-,22-/m1/s1. The van der Waals surface area contributed by atoms with Gasteiger partial charge in [-0.3, -0.25) is 0 Å². The van der Waals surface area contributed by atoms with E-state index in [0.717, 1.165) is 16.7 Å². The average molecular weight is 396 g/mol. The molecule has 0 amide bonds. The lowest BCUT2D eigenvalue weighted by molar-refractivity contribution is -0.145. The van der Waals surface area contributed by atoms with Gasteiger partial charge in [0.2, 0.25) is 0 Å². The molecule has 150 valence electrons. The molecule has 4 rings (SSSR count). The predicted molar refractivity (Wildman–Crippen MR) is 106 cm³/mol. The molecule has 5 heteroatoms. The van der Waals surface area contributed by atoms with Crippen molar-refractivity contribution in [3.63, 3.8) is 0 Å². The zero-order valence-corrected chi connectivity index (χ0v) is 15.7. The minimum atomic E-state index is -3.37. The quantitative estimate of drug-likeness (QED) is 0.628. The van der Waals surface area contributed by atoms with Gasteiger partial charge >= 0.3 is 5.92 Å². The molecular weight excluding hydrogens is 374 g/mol. The van der Waals surface area contributed by atoms with Crippen molar-refractivity contribution in [2.24, 2.45) is 0 Å². The van der Waals surface area contributed by atoms with Gasteiger partial charge in [-0.05, 0) is 16.7 Å². The van der Waals surface area contributed by atoms with Crippen molar-refractivity contribution < 1.29 is 23.4 Å². The minimum Gasteiger partial charge on any atom is -0.384 e. The third kappa shape index (κ3) is 3.57. The van der Waals surface area contributed by atoms with Crippen LogP contribution in [0.5, 0.6) is 0 Å². The summed E-state index contributed by atoms with van der Waals surface area (Å²) in [6.07, 6.45) is -3.34. The Morgan fingerprint density at radius 2 is 1.24 bits per heavy atom. The molecule has 0 radical (unpaired) electrons. The number of aliphatic hydroxyl groups is 1. The van der Waals surface area contributed by atoms with Crippen molar-refractivity contribution in [3.8, 4) is 0 Å². The van der Waals surface area contributed by atoms with Crippen LogP contribution in [0.15, 0.2) is 91.0 Å². The lowest BCUT2D eigenvalue weighted by atomic mass is 9.80. The summed E-state index contributed by atoms with van der Waals surface area (Å²) in [7, 11) is 0. The SMILES string of the molecule is O[C@@H]1CO[C@H](COC(c2ccccc2)(c2ccccc2)c2ccccc2)C1(F)F. The molecule has 0 spiro atoms. The van der Waals surface area contributed by atoms with Gasteiger partial charge in [0.25, 0.3) is 0 Å². The first-order chi connectivity index (χ1) is 14.0. The number of rotatable bonds is 6. The number of benzene rings is 3. The topological polar surface area (TPSA) is 38.7 Å². The Kier molecular flexibility index (Phi) is 5.46. The third-order valence-electron chi connectivity index (χ3n) is 5.32. The van der Waals surface area contributed by atoms with Crippen LogP contribution in [-0.2, 0) is 15.1 Å². The molecule has 3 aromatic rings.